The summed E-state index contributed by atoms with van der Waals surface area (Å²) in [5.74, 6) is -2.54. The maximum atomic E-state index is 15.3. The molecular weight excluding hydrogens is 414 g/mol. The van der Waals surface area contributed by atoms with Crippen molar-refractivity contribution in [3.8, 4) is 5.75 Å². The first-order chi connectivity index (χ1) is 13.5. The number of halogens is 2. The molecule has 9 nitrogen and oxygen atoms in total. The number of rotatable bonds is 5. The Labute approximate surface area is 163 Å². The number of nitrogens with zero attached hydrogens (tertiary/aromatic N) is 2. The molecule has 2 fully saturated rings. The van der Waals surface area contributed by atoms with Crippen molar-refractivity contribution < 1.29 is 36.0 Å². The summed E-state index contributed by atoms with van der Waals surface area (Å²) in [7, 11) is -3.70. The molecule has 1 aliphatic carbocycles. The van der Waals surface area contributed by atoms with E-state index in [4.69, 9.17) is 9.29 Å². The van der Waals surface area contributed by atoms with Crippen LogP contribution in [-0.2, 0) is 14.3 Å². The third-order valence-electron chi connectivity index (χ3n) is 4.76. The fourth-order valence-corrected chi connectivity index (χ4v) is 4.05. The number of hydrogen-bond donors (Lipinski definition) is 1. The monoisotopic (exact) mass is 430 g/mol. The van der Waals surface area contributed by atoms with E-state index in [2.05, 4.69) is 4.74 Å². The molecule has 0 radical (unpaired) electrons. The Kier molecular flexibility index (Phi) is 4.50. The van der Waals surface area contributed by atoms with Crippen molar-refractivity contribution in [2.75, 3.05) is 24.2 Å². The lowest BCUT2D eigenvalue weighted by molar-refractivity contribution is 0.143. The van der Waals surface area contributed by atoms with Crippen molar-refractivity contribution in [2.45, 2.75) is 25.0 Å². The zero-order valence-electron chi connectivity index (χ0n) is 15.1. The van der Waals surface area contributed by atoms with Crippen molar-refractivity contribution in [3.05, 3.63) is 34.1 Å². The van der Waals surface area contributed by atoms with Crippen molar-refractivity contribution >= 4 is 32.9 Å². The molecule has 1 saturated carbocycles. The lowest BCUT2D eigenvalue weighted by Gasteiger charge is -2.40. The zero-order chi connectivity index (χ0) is 21.1. The van der Waals surface area contributed by atoms with Crippen LogP contribution in [0.3, 0.4) is 0 Å². The number of anilines is 1. The summed E-state index contributed by atoms with van der Waals surface area (Å²) in [4.78, 5) is 24.6. The van der Waals surface area contributed by atoms with Crippen molar-refractivity contribution in [3.63, 3.8) is 0 Å². The van der Waals surface area contributed by atoms with Gasteiger partial charge in [-0.1, -0.05) is 0 Å². The van der Waals surface area contributed by atoms with Gasteiger partial charge in [-0.25, -0.2) is 13.6 Å². The van der Waals surface area contributed by atoms with E-state index in [-0.39, 0.29) is 30.0 Å². The van der Waals surface area contributed by atoms with Crippen LogP contribution in [0.25, 0.3) is 10.9 Å². The Balaban J connectivity index is 1.80. The van der Waals surface area contributed by atoms with E-state index in [9.17, 15) is 22.4 Å². The average molecular weight is 430 g/mol. The molecule has 2 aromatic rings. The van der Waals surface area contributed by atoms with E-state index in [0.29, 0.717) is 12.8 Å². The van der Waals surface area contributed by atoms with Gasteiger partial charge >= 0.3 is 6.16 Å². The van der Waals surface area contributed by atoms with Crippen LogP contribution in [0.2, 0.25) is 0 Å². The highest BCUT2D eigenvalue weighted by Gasteiger charge is 2.36. The quantitative estimate of drug-likeness (QED) is 0.564. The van der Waals surface area contributed by atoms with Crippen molar-refractivity contribution in [2.24, 2.45) is 0 Å². The maximum absolute atomic E-state index is 15.3. The highest BCUT2D eigenvalue weighted by Crippen LogP contribution is 2.41. The van der Waals surface area contributed by atoms with E-state index in [1.54, 1.807) is 0 Å². The molecule has 1 aliphatic heterocycles. The Bertz CT molecular complexity index is 1180. The molecule has 29 heavy (non-hydrogen) atoms. The summed E-state index contributed by atoms with van der Waals surface area (Å²) in [5.41, 5.74) is -1.49. The second kappa shape index (κ2) is 6.66. The molecule has 0 atom stereocenters. The van der Waals surface area contributed by atoms with Gasteiger partial charge in [0.1, 0.15) is 17.6 Å². The number of benzene rings is 1. The van der Waals surface area contributed by atoms with Gasteiger partial charge in [0, 0.05) is 19.1 Å². The Morgan fingerprint density at radius 2 is 1.93 bits per heavy atom. The highest BCUT2D eigenvalue weighted by atomic mass is 32.2. The molecule has 0 unspecified atom stereocenters. The topological polar surface area (TPSA) is 115 Å². The van der Waals surface area contributed by atoms with Crippen LogP contribution in [0, 0.1) is 11.6 Å². The second-order valence-corrected chi connectivity index (χ2v) is 8.67. The van der Waals surface area contributed by atoms with Crippen LogP contribution in [0.15, 0.2) is 17.1 Å². The molecule has 1 saturated heterocycles. The Morgan fingerprint density at radius 3 is 2.48 bits per heavy atom. The average Bonchev–Trinajstić information content (AvgIpc) is 3.38. The molecule has 1 N–H and O–H groups in total. The van der Waals surface area contributed by atoms with Gasteiger partial charge in [-0.2, -0.15) is 8.42 Å². The van der Waals surface area contributed by atoms with Gasteiger partial charge < -0.3 is 19.3 Å². The van der Waals surface area contributed by atoms with Crippen LogP contribution in [0.4, 0.5) is 19.3 Å². The molecule has 156 valence electrons. The number of ether oxygens (including phenoxy) is 1. The van der Waals surface area contributed by atoms with Gasteiger partial charge in [0.2, 0.25) is 5.43 Å². The molecule has 4 rings (SSSR count). The largest absolute Gasteiger partial charge is 0.511 e. The molecule has 0 amide bonds. The summed E-state index contributed by atoms with van der Waals surface area (Å²) in [5, 5.41) is 8.47. The third-order valence-corrected chi connectivity index (χ3v) is 5.39. The number of hydrogen-bond acceptors (Lipinski definition) is 7. The van der Waals surface area contributed by atoms with E-state index in [0.717, 1.165) is 18.5 Å². The first kappa shape index (κ1) is 19.6. The molecule has 0 spiro atoms. The van der Waals surface area contributed by atoms with Crippen LogP contribution in [-0.4, -0.2) is 49.7 Å². The van der Waals surface area contributed by atoms with E-state index in [1.165, 1.54) is 9.47 Å². The number of fused-ring (bicyclic) bond motifs is 1. The Morgan fingerprint density at radius 1 is 1.28 bits per heavy atom. The van der Waals surface area contributed by atoms with Gasteiger partial charge in [0.15, 0.2) is 11.6 Å². The minimum atomic E-state index is -3.70. The predicted octanol–water partition coefficient (Wildman–Crippen LogP) is 1.84. The SMILES string of the molecule is CS(=O)(=O)OC1CN(c2c(F)cc3c(=O)c(OC(=O)O)cn(C4CC4)c3c2F)C1. The summed E-state index contributed by atoms with van der Waals surface area (Å²) in [6.45, 7) is -0.0828. The summed E-state index contributed by atoms with van der Waals surface area (Å²) >= 11 is 0. The first-order valence-corrected chi connectivity index (χ1v) is 10.5. The number of pyridine rings is 1. The molecule has 1 aromatic heterocycles. The third kappa shape index (κ3) is 3.65. The first-order valence-electron chi connectivity index (χ1n) is 8.66. The number of carboxylic acid groups (broad SMARTS) is 1. The van der Waals surface area contributed by atoms with Crippen LogP contribution in [0.5, 0.6) is 5.75 Å². The van der Waals surface area contributed by atoms with Gasteiger partial charge in [0.05, 0.1) is 23.4 Å². The summed E-state index contributed by atoms with van der Waals surface area (Å²) in [6.07, 6.45) is 0.940. The normalized spacial score (nSPS) is 17.4. The standard InChI is InChI=1S/C17H16F2N2O7S/c1-29(25,26)28-9-5-20(6-9)15-11(18)4-10-14(13(15)19)21(8-2-3-8)7-12(16(10)22)27-17(23)24/h4,7-9H,2-3,5-6H2,1H3,(H,23,24). The highest BCUT2D eigenvalue weighted by molar-refractivity contribution is 7.86. The Hall–Kier alpha value is -2.73. The number of carbonyl (C=O) groups is 1. The fraction of sp³-hybridized carbons (Fsp3) is 0.412. The van der Waals surface area contributed by atoms with Crippen molar-refractivity contribution in [1.82, 2.24) is 4.57 Å². The van der Waals surface area contributed by atoms with E-state index < -0.39 is 50.9 Å². The maximum Gasteiger partial charge on any atom is 0.511 e. The van der Waals surface area contributed by atoms with Crippen molar-refractivity contribution in [1.29, 1.82) is 0 Å². The minimum Gasteiger partial charge on any atom is -0.449 e. The lowest BCUT2D eigenvalue weighted by atomic mass is 10.1. The van der Waals surface area contributed by atoms with Gasteiger partial charge in [-0.05, 0) is 18.9 Å². The molecule has 1 aromatic carbocycles. The van der Waals surface area contributed by atoms with E-state index >= 15 is 4.39 Å². The van der Waals surface area contributed by atoms with Gasteiger partial charge in [-0.3, -0.25) is 8.98 Å². The number of aromatic nitrogens is 1. The summed E-state index contributed by atoms with van der Waals surface area (Å²) in [6, 6.07) is 0.675. The molecule has 2 aliphatic rings. The molecule has 2 heterocycles. The molecule has 12 heteroatoms. The van der Waals surface area contributed by atoms with E-state index in [1.807, 2.05) is 0 Å². The smallest absolute Gasteiger partial charge is 0.449 e. The molecular formula is C17H16F2N2O7S. The van der Waals surface area contributed by atoms with Crippen LogP contribution >= 0.6 is 0 Å². The summed E-state index contributed by atoms with van der Waals surface area (Å²) < 4.78 is 63.0. The van der Waals surface area contributed by atoms with Gasteiger partial charge in [-0.15, -0.1) is 0 Å². The molecule has 0 bridgehead atoms. The zero-order valence-corrected chi connectivity index (χ0v) is 15.9. The van der Waals surface area contributed by atoms with Crippen LogP contribution in [0.1, 0.15) is 18.9 Å². The fourth-order valence-electron chi connectivity index (χ4n) is 3.43. The second-order valence-electron chi connectivity index (χ2n) is 7.07. The van der Waals surface area contributed by atoms with Crippen LogP contribution < -0.4 is 15.1 Å². The lowest BCUT2D eigenvalue weighted by Crippen LogP contribution is -2.53. The van der Waals surface area contributed by atoms with Gasteiger partial charge in [0.25, 0.3) is 10.1 Å². The predicted molar refractivity (Wildman–Crippen MR) is 97.0 cm³/mol. The minimum absolute atomic E-state index is 0.0414.